The molecule has 0 spiro atoms. The predicted molar refractivity (Wildman–Crippen MR) is 131 cm³/mol. The van der Waals surface area contributed by atoms with E-state index in [2.05, 4.69) is 23.2 Å². The molecule has 2 heterocycles. The Balaban J connectivity index is 1.30. The molecule has 1 aliphatic carbocycles. The Bertz CT molecular complexity index is 1240. The summed E-state index contributed by atoms with van der Waals surface area (Å²) in [6.45, 7) is 1.94. The second-order valence-corrected chi connectivity index (χ2v) is 9.58. The summed E-state index contributed by atoms with van der Waals surface area (Å²) >= 11 is 0. The van der Waals surface area contributed by atoms with Crippen LogP contribution in [-0.4, -0.2) is 31.3 Å². The fourth-order valence-electron chi connectivity index (χ4n) is 5.23. The number of rotatable bonds is 8. The molecule has 1 aliphatic heterocycles. The molecule has 182 valence electrons. The lowest BCUT2D eigenvalue weighted by molar-refractivity contribution is -0.145. The number of hydrogen-bond acceptors (Lipinski definition) is 5. The minimum absolute atomic E-state index is 0.126. The van der Waals surface area contributed by atoms with Gasteiger partial charge in [0.15, 0.2) is 0 Å². The van der Waals surface area contributed by atoms with Gasteiger partial charge in [0.05, 0.1) is 20.1 Å². The van der Waals surface area contributed by atoms with Crippen molar-refractivity contribution < 1.29 is 23.4 Å². The SMILES string of the molecule is COC(=O)[C@@H](C)[C@H](c1ccc2c(c1)OC(Cc1ccc(-c3ccnc(OC)c3)cc1F)C2)C1CC1. The molecule has 0 saturated heterocycles. The molecule has 35 heavy (non-hydrogen) atoms. The van der Waals surface area contributed by atoms with E-state index in [1.165, 1.54) is 7.11 Å². The monoisotopic (exact) mass is 475 g/mol. The molecular formula is C29H30FNO4. The Morgan fingerprint density at radius 1 is 1.11 bits per heavy atom. The number of benzene rings is 2. The maximum Gasteiger partial charge on any atom is 0.309 e. The fraction of sp³-hybridized carbons (Fsp3) is 0.379. The maximum atomic E-state index is 15.0. The van der Waals surface area contributed by atoms with Crippen molar-refractivity contribution in [2.75, 3.05) is 14.2 Å². The first kappa shape index (κ1) is 23.3. The summed E-state index contributed by atoms with van der Waals surface area (Å²) in [7, 11) is 3.00. The number of carbonyl (C=O) groups excluding carboxylic acids is 1. The number of hydrogen-bond donors (Lipinski definition) is 0. The van der Waals surface area contributed by atoms with Crippen LogP contribution in [0.1, 0.15) is 42.4 Å². The van der Waals surface area contributed by atoms with Crippen LogP contribution in [0.5, 0.6) is 11.6 Å². The van der Waals surface area contributed by atoms with E-state index in [1.807, 2.05) is 25.1 Å². The number of pyridine rings is 1. The van der Waals surface area contributed by atoms with Gasteiger partial charge in [0.1, 0.15) is 17.7 Å². The van der Waals surface area contributed by atoms with E-state index in [9.17, 15) is 4.79 Å². The summed E-state index contributed by atoms with van der Waals surface area (Å²) in [5.74, 6) is 1.35. The summed E-state index contributed by atoms with van der Waals surface area (Å²) in [4.78, 5) is 16.3. The normalized spacial score (nSPS) is 18.3. The van der Waals surface area contributed by atoms with E-state index in [0.29, 0.717) is 23.8 Å². The first-order valence-electron chi connectivity index (χ1n) is 12.1. The number of esters is 1. The molecule has 0 bridgehead atoms. The van der Waals surface area contributed by atoms with Crippen molar-refractivity contribution in [1.29, 1.82) is 0 Å². The zero-order chi connectivity index (χ0) is 24.5. The van der Waals surface area contributed by atoms with E-state index >= 15 is 4.39 Å². The number of halogens is 1. The smallest absolute Gasteiger partial charge is 0.309 e. The van der Waals surface area contributed by atoms with Crippen LogP contribution in [0, 0.1) is 17.7 Å². The molecule has 0 N–H and O–H groups in total. The van der Waals surface area contributed by atoms with Crippen LogP contribution in [0.25, 0.3) is 11.1 Å². The standard InChI is InChI=1S/C29H30FNO4/c1-17(29(32)34-3)28(18-4-5-18)23-9-8-22-13-24(35-26(22)15-23)12-21-7-6-19(14-25(21)30)20-10-11-31-27(16-20)33-2/h6-11,14-18,24,28H,4-5,12-13H2,1-3H3/t17-,24?,28-/m0/s1. The van der Waals surface area contributed by atoms with Crippen LogP contribution in [0.3, 0.4) is 0 Å². The topological polar surface area (TPSA) is 57.7 Å². The average molecular weight is 476 g/mol. The summed E-state index contributed by atoms with van der Waals surface area (Å²) < 4.78 is 31.5. The quantitative estimate of drug-likeness (QED) is 0.389. The number of carbonyl (C=O) groups is 1. The highest BCUT2D eigenvalue weighted by Gasteiger charge is 2.39. The van der Waals surface area contributed by atoms with Gasteiger partial charge in [0.2, 0.25) is 5.88 Å². The molecule has 1 aromatic heterocycles. The molecule has 1 fully saturated rings. The zero-order valence-electron chi connectivity index (χ0n) is 20.3. The number of ether oxygens (including phenoxy) is 3. The van der Waals surface area contributed by atoms with E-state index in [0.717, 1.165) is 47.3 Å². The molecule has 3 atom stereocenters. The van der Waals surface area contributed by atoms with Gasteiger partial charge in [-0.1, -0.05) is 31.2 Å². The van der Waals surface area contributed by atoms with Crippen molar-refractivity contribution in [2.24, 2.45) is 11.8 Å². The number of fused-ring (bicyclic) bond motifs is 1. The summed E-state index contributed by atoms with van der Waals surface area (Å²) in [6.07, 6.45) is 5.01. The van der Waals surface area contributed by atoms with Crippen molar-refractivity contribution in [1.82, 2.24) is 4.98 Å². The van der Waals surface area contributed by atoms with Crippen LogP contribution < -0.4 is 9.47 Å². The molecule has 5 rings (SSSR count). The van der Waals surface area contributed by atoms with Crippen molar-refractivity contribution in [3.8, 4) is 22.8 Å². The lowest BCUT2D eigenvalue weighted by atomic mass is 9.83. The van der Waals surface area contributed by atoms with Gasteiger partial charge in [-0.3, -0.25) is 4.79 Å². The summed E-state index contributed by atoms with van der Waals surface area (Å²) in [5, 5.41) is 0. The Kier molecular flexibility index (Phi) is 6.46. The third kappa shape index (κ3) is 4.88. The van der Waals surface area contributed by atoms with Crippen LogP contribution in [0.4, 0.5) is 4.39 Å². The van der Waals surface area contributed by atoms with Gasteiger partial charge >= 0.3 is 5.97 Å². The molecule has 3 aromatic rings. The number of methoxy groups -OCH3 is 2. The van der Waals surface area contributed by atoms with Crippen LogP contribution in [0.2, 0.25) is 0 Å². The molecular weight excluding hydrogens is 445 g/mol. The number of nitrogens with zero attached hydrogens (tertiary/aromatic N) is 1. The van der Waals surface area contributed by atoms with Crippen LogP contribution in [0.15, 0.2) is 54.7 Å². The van der Waals surface area contributed by atoms with E-state index in [-0.39, 0.29) is 29.7 Å². The van der Waals surface area contributed by atoms with Crippen LogP contribution in [-0.2, 0) is 22.4 Å². The van der Waals surface area contributed by atoms with Crippen molar-refractivity contribution in [2.45, 2.75) is 44.6 Å². The van der Waals surface area contributed by atoms with Crippen LogP contribution >= 0.6 is 0 Å². The Morgan fingerprint density at radius 2 is 1.91 bits per heavy atom. The van der Waals surface area contributed by atoms with Gasteiger partial charge in [0.25, 0.3) is 0 Å². The second-order valence-electron chi connectivity index (χ2n) is 9.58. The Morgan fingerprint density at radius 3 is 2.63 bits per heavy atom. The van der Waals surface area contributed by atoms with E-state index < -0.39 is 0 Å². The van der Waals surface area contributed by atoms with E-state index in [1.54, 1.807) is 25.4 Å². The maximum absolute atomic E-state index is 15.0. The van der Waals surface area contributed by atoms with Gasteiger partial charge in [-0.25, -0.2) is 9.37 Å². The molecule has 0 amide bonds. The van der Waals surface area contributed by atoms with Crippen molar-refractivity contribution in [3.63, 3.8) is 0 Å². The largest absolute Gasteiger partial charge is 0.489 e. The lowest BCUT2D eigenvalue weighted by Crippen LogP contribution is -2.22. The average Bonchev–Trinajstić information content (AvgIpc) is 3.63. The Labute approximate surface area is 205 Å². The third-order valence-corrected chi connectivity index (χ3v) is 7.24. The van der Waals surface area contributed by atoms with E-state index in [4.69, 9.17) is 14.2 Å². The minimum atomic E-state index is -0.251. The molecule has 1 saturated carbocycles. The first-order chi connectivity index (χ1) is 17.0. The highest BCUT2D eigenvalue weighted by Crippen LogP contribution is 2.48. The number of aromatic nitrogens is 1. The molecule has 5 nitrogen and oxygen atoms in total. The molecule has 1 unspecified atom stereocenters. The summed E-state index contributed by atoms with van der Waals surface area (Å²) in [6, 6.07) is 15.2. The van der Waals surface area contributed by atoms with Gasteiger partial charge in [0, 0.05) is 25.1 Å². The molecule has 2 aromatic carbocycles. The van der Waals surface area contributed by atoms with Gasteiger partial charge < -0.3 is 14.2 Å². The first-order valence-corrected chi connectivity index (χ1v) is 12.1. The second kappa shape index (κ2) is 9.68. The highest BCUT2D eigenvalue weighted by atomic mass is 19.1. The van der Waals surface area contributed by atoms with Gasteiger partial charge in [-0.05, 0) is 70.7 Å². The molecule has 2 aliphatic rings. The zero-order valence-corrected chi connectivity index (χ0v) is 20.3. The third-order valence-electron chi connectivity index (χ3n) is 7.24. The van der Waals surface area contributed by atoms with Gasteiger partial charge in [-0.15, -0.1) is 0 Å². The molecule has 6 heteroatoms. The van der Waals surface area contributed by atoms with Crippen molar-refractivity contribution >= 4 is 5.97 Å². The fourth-order valence-corrected chi connectivity index (χ4v) is 5.23. The van der Waals surface area contributed by atoms with Gasteiger partial charge in [-0.2, -0.15) is 0 Å². The highest BCUT2D eigenvalue weighted by molar-refractivity contribution is 5.73. The molecule has 0 radical (unpaired) electrons. The predicted octanol–water partition coefficient (Wildman–Crippen LogP) is 5.75. The van der Waals surface area contributed by atoms with Crippen molar-refractivity contribution in [3.05, 3.63) is 77.2 Å². The minimum Gasteiger partial charge on any atom is -0.489 e. The summed E-state index contributed by atoms with van der Waals surface area (Å²) in [5.41, 5.74) is 4.50. The Hall–Kier alpha value is -3.41. The lowest BCUT2D eigenvalue weighted by Gasteiger charge is -2.23.